The second-order valence-electron chi connectivity index (χ2n) is 6.11. The van der Waals surface area contributed by atoms with Gasteiger partial charge >= 0.3 is 0 Å². The molecule has 3 rings (SSSR count). The zero-order valence-electron chi connectivity index (χ0n) is 14.4. The maximum absolute atomic E-state index is 13.5. The van der Waals surface area contributed by atoms with Crippen LogP contribution in [0.25, 0.3) is 10.9 Å². The van der Waals surface area contributed by atoms with E-state index in [4.69, 9.17) is 0 Å². The number of H-pyrrole nitrogens is 1. The van der Waals surface area contributed by atoms with E-state index in [9.17, 15) is 14.0 Å². The third-order valence-corrected chi connectivity index (χ3v) is 4.19. The van der Waals surface area contributed by atoms with Crippen molar-refractivity contribution in [2.24, 2.45) is 0 Å². The lowest BCUT2D eigenvalue weighted by Crippen LogP contribution is -2.35. The largest absolute Gasteiger partial charge is 0.361 e. The molecule has 3 aromatic rings. The van der Waals surface area contributed by atoms with Crippen molar-refractivity contribution in [1.82, 2.24) is 15.6 Å². The van der Waals surface area contributed by atoms with Crippen molar-refractivity contribution in [3.8, 4) is 0 Å². The zero-order valence-corrected chi connectivity index (χ0v) is 14.4. The lowest BCUT2D eigenvalue weighted by molar-refractivity contribution is -0.120. The van der Waals surface area contributed by atoms with Crippen molar-refractivity contribution in [1.29, 1.82) is 0 Å². The molecular weight excluding hydrogens is 333 g/mol. The van der Waals surface area contributed by atoms with Crippen LogP contribution in [-0.4, -0.2) is 29.9 Å². The minimum absolute atomic E-state index is 0.120. The summed E-state index contributed by atoms with van der Waals surface area (Å²) in [6.07, 6.45) is 2.10. The Morgan fingerprint density at radius 3 is 2.65 bits per heavy atom. The van der Waals surface area contributed by atoms with Crippen molar-refractivity contribution in [2.75, 3.05) is 13.1 Å². The van der Waals surface area contributed by atoms with Crippen molar-refractivity contribution in [3.63, 3.8) is 0 Å². The summed E-state index contributed by atoms with van der Waals surface area (Å²) in [5.41, 5.74) is 2.68. The lowest BCUT2D eigenvalue weighted by atomic mass is 10.1. The van der Waals surface area contributed by atoms with Gasteiger partial charge in [-0.3, -0.25) is 9.59 Å². The van der Waals surface area contributed by atoms with Crippen LogP contribution in [0.1, 0.15) is 21.5 Å². The molecule has 1 heterocycles. The molecule has 0 unspecified atom stereocenters. The number of para-hydroxylation sites is 1. The van der Waals surface area contributed by atoms with Crippen molar-refractivity contribution in [2.45, 2.75) is 13.3 Å². The number of hydrogen-bond donors (Lipinski definition) is 3. The Balaban J connectivity index is 1.45. The smallest absolute Gasteiger partial charge is 0.251 e. The molecule has 1 aromatic heterocycles. The molecule has 0 bridgehead atoms. The van der Waals surface area contributed by atoms with Crippen molar-refractivity contribution >= 4 is 22.7 Å². The van der Waals surface area contributed by atoms with E-state index >= 15 is 0 Å². The van der Waals surface area contributed by atoms with Gasteiger partial charge in [0.15, 0.2) is 0 Å². The van der Waals surface area contributed by atoms with E-state index in [0.717, 1.165) is 16.5 Å². The van der Waals surface area contributed by atoms with Gasteiger partial charge in [0.1, 0.15) is 5.82 Å². The third-order valence-electron chi connectivity index (χ3n) is 4.19. The minimum Gasteiger partial charge on any atom is -0.361 e. The van der Waals surface area contributed by atoms with Gasteiger partial charge in [-0.05, 0) is 36.2 Å². The first kappa shape index (κ1) is 17.7. The number of amides is 2. The summed E-state index contributed by atoms with van der Waals surface area (Å²) in [6, 6.07) is 12.1. The average molecular weight is 353 g/mol. The standard InChI is InChI=1S/C20H20FN3O2/c1-13-6-7-14(10-17(13)21)20(26)23-9-8-22-19(25)11-15-12-24-18-5-3-2-4-16(15)18/h2-7,10,12,24H,8-9,11H2,1H3,(H,22,25)(H,23,26). The van der Waals surface area contributed by atoms with E-state index < -0.39 is 5.82 Å². The first-order valence-electron chi connectivity index (χ1n) is 8.40. The highest BCUT2D eigenvalue weighted by molar-refractivity contribution is 5.94. The first-order chi connectivity index (χ1) is 12.5. The van der Waals surface area contributed by atoms with E-state index in [2.05, 4.69) is 15.6 Å². The Morgan fingerprint density at radius 1 is 1.08 bits per heavy atom. The molecule has 0 atom stereocenters. The van der Waals surface area contributed by atoms with Gasteiger partial charge < -0.3 is 15.6 Å². The van der Waals surface area contributed by atoms with Crippen LogP contribution in [0.2, 0.25) is 0 Å². The number of halogens is 1. The van der Waals surface area contributed by atoms with Crippen LogP contribution < -0.4 is 10.6 Å². The third kappa shape index (κ3) is 4.08. The number of nitrogens with one attached hydrogen (secondary N) is 3. The number of hydrogen-bond acceptors (Lipinski definition) is 2. The number of aryl methyl sites for hydroxylation is 1. The molecule has 0 saturated heterocycles. The SMILES string of the molecule is Cc1ccc(C(=O)NCCNC(=O)Cc2c[nH]c3ccccc23)cc1F. The Hall–Kier alpha value is -3.15. The normalized spacial score (nSPS) is 10.7. The fourth-order valence-corrected chi connectivity index (χ4v) is 2.73. The van der Waals surface area contributed by atoms with Gasteiger partial charge in [-0.1, -0.05) is 24.3 Å². The van der Waals surface area contributed by atoms with Gasteiger partial charge in [0, 0.05) is 35.8 Å². The van der Waals surface area contributed by atoms with E-state index in [-0.39, 0.29) is 30.3 Å². The summed E-state index contributed by atoms with van der Waals surface area (Å²) < 4.78 is 13.5. The molecule has 26 heavy (non-hydrogen) atoms. The van der Waals surface area contributed by atoms with Crippen LogP contribution >= 0.6 is 0 Å². The Bertz CT molecular complexity index is 949. The van der Waals surface area contributed by atoms with Gasteiger partial charge in [-0.2, -0.15) is 0 Å². The van der Waals surface area contributed by atoms with Crippen molar-refractivity contribution in [3.05, 3.63) is 71.2 Å². The van der Waals surface area contributed by atoms with Crippen molar-refractivity contribution < 1.29 is 14.0 Å². The van der Waals surface area contributed by atoms with Gasteiger partial charge in [0.05, 0.1) is 6.42 Å². The predicted molar refractivity (Wildman–Crippen MR) is 98.5 cm³/mol. The first-order valence-corrected chi connectivity index (χ1v) is 8.40. The topological polar surface area (TPSA) is 74.0 Å². The summed E-state index contributed by atoms with van der Waals surface area (Å²) in [7, 11) is 0. The molecule has 0 aliphatic carbocycles. The Morgan fingerprint density at radius 2 is 1.85 bits per heavy atom. The van der Waals surface area contributed by atoms with Crippen LogP contribution in [-0.2, 0) is 11.2 Å². The van der Waals surface area contributed by atoms with Gasteiger partial charge in [0.25, 0.3) is 5.91 Å². The highest BCUT2D eigenvalue weighted by atomic mass is 19.1. The highest BCUT2D eigenvalue weighted by Crippen LogP contribution is 2.17. The second kappa shape index (κ2) is 7.82. The van der Waals surface area contributed by atoms with Crippen LogP contribution in [0.4, 0.5) is 4.39 Å². The number of carbonyl (C=O) groups is 2. The molecule has 0 fully saturated rings. The molecular formula is C20H20FN3O2. The number of fused-ring (bicyclic) bond motifs is 1. The predicted octanol–water partition coefficient (Wildman–Crippen LogP) is 2.70. The number of aromatic nitrogens is 1. The highest BCUT2D eigenvalue weighted by Gasteiger charge is 2.10. The van der Waals surface area contributed by atoms with E-state index in [1.807, 2.05) is 30.5 Å². The van der Waals surface area contributed by atoms with Gasteiger partial charge in [-0.15, -0.1) is 0 Å². The molecule has 5 nitrogen and oxygen atoms in total. The monoisotopic (exact) mass is 353 g/mol. The zero-order chi connectivity index (χ0) is 18.5. The molecule has 0 saturated carbocycles. The van der Waals surface area contributed by atoms with E-state index in [1.165, 1.54) is 6.07 Å². The molecule has 3 N–H and O–H groups in total. The van der Waals surface area contributed by atoms with Gasteiger partial charge in [0.2, 0.25) is 5.91 Å². The molecule has 6 heteroatoms. The molecule has 0 aliphatic heterocycles. The number of aromatic amines is 1. The van der Waals surface area contributed by atoms with E-state index in [0.29, 0.717) is 12.1 Å². The second-order valence-corrected chi connectivity index (χ2v) is 6.11. The summed E-state index contributed by atoms with van der Waals surface area (Å²) in [5, 5.41) is 6.46. The maximum atomic E-state index is 13.5. The van der Waals surface area contributed by atoms with Crippen LogP contribution in [0.5, 0.6) is 0 Å². The van der Waals surface area contributed by atoms with Gasteiger partial charge in [-0.25, -0.2) is 4.39 Å². The fraction of sp³-hybridized carbons (Fsp3) is 0.200. The Labute approximate surface area is 150 Å². The summed E-state index contributed by atoms with van der Waals surface area (Å²) in [5.74, 6) is -0.898. The maximum Gasteiger partial charge on any atom is 0.251 e. The Kier molecular flexibility index (Phi) is 5.31. The molecule has 2 amide bonds. The molecule has 134 valence electrons. The van der Waals surface area contributed by atoms with E-state index in [1.54, 1.807) is 19.1 Å². The summed E-state index contributed by atoms with van der Waals surface area (Å²) in [6.45, 7) is 2.22. The van der Waals surface area contributed by atoms with Crippen LogP contribution in [0.3, 0.4) is 0 Å². The molecule has 0 spiro atoms. The molecule has 2 aromatic carbocycles. The number of carbonyl (C=O) groups excluding carboxylic acids is 2. The summed E-state index contributed by atoms with van der Waals surface area (Å²) in [4.78, 5) is 27.2. The fourth-order valence-electron chi connectivity index (χ4n) is 2.73. The number of rotatable bonds is 6. The number of benzene rings is 2. The molecule has 0 radical (unpaired) electrons. The lowest BCUT2D eigenvalue weighted by Gasteiger charge is -2.08. The van der Waals surface area contributed by atoms with Crippen LogP contribution in [0, 0.1) is 12.7 Å². The average Bonchev–Trinajstić information content (AvgIpc) is 3.04. The minimum atomic E-state index is -0.412. The molecule has 0 aliphatic rings. The quantitative estimate of drug-likeness (QED) is 0.596. The summed E-state index contributed by atoms with van der Waals surface area (Å²) >= 11 is 0. The van der Waals surface area contributed by atoms with Crippen LogP contribution in [0.15, 0.2) is 48.7 Å².